The van der Waals surface area contributed by atoms with Crippen molar-refractivity contribution in [3.05, 3.63) is 82.2 Å². The monoisotopic (exact) mass is 408 g/mol. The van der Waals surface area contributed by atoms with Crippen LogP contribution in [0.4, 0.5) is 23.0 Å². The van der Waals surface area contributed by atoms with Crippen LogP contribution in [0.3, 0.4) is 0 Å². The Morgan fingerprint density at radius 3 is 2.30 bits per heavy atom. The lowest BCUT2D eigenvalue weighted by molar-refractivity contribution is -0.383. The Bertz CT molecular complexity index is 1070. The van der Waals surface area contributed by atoms with E-state index in [0.717, 1.165) is 11.9 Å². The molecule has 11 heteroatoms. The number of amides is 1. The lowest BCUT2D eigenvalue weighted by atomic mass is 10.1. The Morgan fingerprint density at radius 1 is 1.00 bits per heavy atom. The molecule has 0 fully saturated rings. The minimum atomic E-state index is -1.09. The number of carboxylic acid groups (broad SMARTS) is 1. The summed E-state index contributed by atoms with van der Waals surface area (Å²) in [6.45, 7) is 0. The molecule has 1 amide bonds. The molecule has 0 aliphatic heterocycles. The van der Waals surface area contributed by atoms with Crippen molar-refractivity contribution in [1.82, 2.24) is 15.4 Å². The number of rotatable bonds is 8. The zero-order valence-electron chi connectivity index (χ0n) is 15.4. The number of anilines is 3. The summed E-state index contributed by atoms with van der Waals surface area (Å²) in [5.41, 5.74) is 5.58. The number of nitrogens with zero attached hydrogens (tertiary/aromatic N) is 3. The number of carbonyl (C=O) groups excluding carboxylic acids is 1. The minimum Gasteiger partial charge on any atom is -0.478 e. The summed E-state index contributed by atoms with van der Waals surface area (Å²) in [6.07, 6.45) is 1.17. The topological polar surface area (TPSA) is 159 Å². The fourth-order valence-corrected chi connectivity index (χ4v) is 2.52. The van der Waals surface area contributed by atoms with Gasteiger partial charge in [-0.2, -0.15) is 0 Å². The average molecular weight is 408 g/mol. The molecule has 11 nitrogen and oxygen atoms in total. The first-order valence-corrected chi connectivity index (χ1v) is 8.62. The Kier molecular flexibility index (Phi) is 6.13. The molecule has 0 saturated heterocycles. The van der Waals surface area contributed by atoms with Crippen LogP contribution < -0.4 is 16.2 Å². The van der Waals surface area contributed by atoms with Gasteiger partial charge in [0.25, 0.3) is 0 Å². The number of aromatic carboxylic acids is 1. The third kappa shape index (κ3) is 5.04. The van der Waals surface area contributed by atoms with Gasteiger partial charge in [-0.1, -0.05) is 30.3 Å². The average Bonchev–Trinajstić information content (AvgIpc) is 2.73. The Balaban J connectivity index is 1.74. The Hall–Kier alpha value is -4.54. The molecule has 0 atom stereocenters. The molecule has 0 bridgehead atoms. The number of hydrogen-bond donors (Lipinski definition) is 4. The highest BCUT2D eigenvalue weighted by molar-refractivity contribution is 5.88. The van der Waals surface area contributed by atoms with E-state index in [-0.39, 0.29) is 23.6 Å². The highest BCUT2D eigenvalue weighted by Gasteiger charge is 2.23. The number of nitrogens with one attached hydrogen (secondary N) is 3. The summed E-state index contributed by atoms with van der Waals surface area (Å²) in [7, 11) is 0. The minimum absolute atomic E-state index is 0.0706. The van der Waals surface area contributed by atoms with Crippen LogP contribution in [0.15, 0.2) is 60.9 Å². The van der Waals surface area contributed by atoms with E-state index < -0.39 is 22.5 Å². The zero-order chi connectivity index (χ0) is 21.5. The molecular formula is C19H16N6O5. The molecule has 0 saturated carbocycles. The number of hydrogen-bond acceptors (Lipinski definition) is 8. The van der Waals surface area contributed by atoms with Gasteiger partial charge in [0, 0.05) is 5.69 Å². The molecule has 30 heavy (non-hydrogen) atoms. The second kappa shape index (κ2) is 9.10. The van der Waals surface area contributed by atoms with E-state index in [0.29, 0.717) is 5.69 Å². The van der Waals surface area contributed by atoms with Gasteiger partial charge < -0.3 is 10.4 Å². The van der Waals surface area contributed by atoms with Crippen molar-refractivity contribution in [1.29, 1.82) is 0 Å². The molecule has 0 aliphatic rings. The Morgan fingerprint density at radius 2 is 1.67 bits per heavy atom. The molecule has 0 radical (unpaired) electrons. The van der Waals surface area contributed by atoms with Gasteiger partial charge in [0.05, 0.1) is 16.9 Å². The van der Waals surface area contributed by atoms with E-state index in [1.807, 2.05) is 6.07 Å². The fraction of sp³-hybridized carbons (Fsp3) is 0.0526. The predicted octanol–water partition coefficient (Wildman–Crippen LogP) is 2.51. The normalized spacial score (nSPS) is 10.1. The number of hydrazine groups is 1. The quantitative estimate of drug-likeness (QED) is 0.324. The van der Waals surface area contributed by atoms with E-state index in [1.165, 1.54) is 24.3 Å². The molecule has 0 unspecified atom stereocenters. The number of carboxylic acids is 1. The maximum atomic E-state index is 12.1. The molecule has 152 valence electrons. The molecule has 3 rings (SSSR count). The lowest BCUT2D eigenvalue weighted by Crippen LogP contribution is -2.31. The van der Waals surface area contributed by atoms with Crippen LogP contribution in [0, 0.1) is 10.1 Å². The van der Waals surface area contributed by atoms with Gasteiger partial charge in [0.1, 0.15) is 6.33 Å². The maximum absolute atomic E-state index is 12.1. The van der Waals surface area contributed by atoms with Crippen molar-refractivity contribution < 1.29 is 19.6 Å². The smallest absolute Gasteiger partial charge is 0.355 e. The molecule has 3 aromatic rings. The highest BCUT2D eigenvalue weighted by atomic mass is 16.6. The first-order valence-electron chi connectivity index (χ1n) is 8.62. The molecule has 2 aromatic carbocycles. The van der Waals surface area contributed by atoms with Crippen molar-refractivity contribution in [2.45, 2.75) is 6.42 Å². The molecule has 1 heterocycles. The largest absolute Gasteiger partial charge is 0.478 e. The first-order chi connectivity index (χ1) is 14.4. The van der Waals surface area contributed by atoms with Crippen molar-refractivity contribution in [3.8, 4) is 0 Å². The molecular weight excluding hydrogens is 392 g/mol. The van der Waals surface area contributed by atoms with E-state index in [9.17, 15) is 19.7 Å². The van der Waals surface area contributed by atoms with Crippen molar-refractivity contribution in [3.63, 3.8) is 0 Å². The van der Waals surface area contributed by atoms with Crippen LogP contribution in [0.25, 0.3) is 0 Å². The van der Waals surface area contributed by atoms with E-state index in [1.54, 1.807) is 24.3 Å². The van der Waals surface area contributed by atoms with Crippen LogP contribution in [0.1, 0.15) is 15.9 Å². The van der Waals surface area contributed by atoms with E-state index >= 15 is 0 Å². The van der Waals surface area contributed by atoms with E-state index in [4.69, 9.17) is 5.11 Å². The summed E-state index contributed by atoms with van der Waals surface area (Å²) in [5, 5.41) is 23.3. The summed E-state index contributed by atoms with van der Waals surface area (Å²) in [5.74, 6) is -1.83. The maximum Gasteiger partial charge on any atom is 0.355 e. The van der Waals surface area contributed by atoms with Crippen LogP contribution in [0.5, 0.6) is 0 Å². The summed E-state index contributed by atoms with van der Waals surface area (Å²) >= 11 is 0. The molecule has 4 N–H and O–H groups in total. The SMILES string of the molecule is O=C(Cc1ccccc1)NNc1ncnc(Nc2ccc(C(=O)O)cc2)c1[N+](=O)[O-]. The summed E-state index contributed by atoms with van der Waals surface area (Å²) in [4.78, 5) is 41.6. The van der Waals surface area contributed by atoms with Crippen LogP contribution >= 0.6 is 0 Å². The number of aromatic nitrogens is 2. The Labute approximate surface area is 169 Å². The second-order valence-electron chi connectivity index (χ2n) is 6.02. The fourth-order valence-electron chi connectivity index (χ4n) is 2.52. The van der Waals surface area contributed by atoms with Gasteiger partial charge >= 0.3 is 11.7 Å². The van der Waals surface area contributed by atoms with Gasteiger partial charge in [0.15, 0.2) is 0 Å². The molecule has 0 spiro atoms. The van der Waals surface area contributed by atoms with Gasteiger partial charge in [-0.3, -0.25) is 25.8 Å². The van der Waals surface area contributed by atoms with Crippen LogP contribution in [-0.4, -0.2) is 31.9 Å². The number of benzene rings is 2. The van der Waals surface area contributed by atoms with Crippen LogP contribution in [0.2, 0.25) is 0 Å². The van der Waals surface area contributed by atoms with Gasteiger partial charge in [-0.05, 0) is 29.8 Å². The third-order valence-corrected chi connectivity index (χ3v) is 3.93. The van der Waals surface area contributed by atoms with E-state index in [2.05, 4.69) is 26.1 Å². The number of nitro groups is 1. The standard InChI is InChI=1S/C19H16N6O5/c26-15(10-12-4-2-1-3-5-12)23-24-18-16(25(29)30)17(20-11-21-18)22-14-8-6-13(7-9-14)19(27)28/h1-9,11H,10H2,(H,23,26)(H,27,28)(H2,20,21,22,24). The zero-order valence-corrected chi connectivity index (χ0v) is 15.4. The molecule has 1 aromatic heterocycles. The van der Waals surface area contributed by atoms with Crippen molar-refractivity contribution >= 4 is 34.9 Å². The number of carbonyl (C=O) groups is 2. The van der Waals surface area contributed by atoms with Gasteiger partial charge in [0.2, 0.25) is 17.5 Å². The second-order valence-corrected chi connectivity index (χ2v) is 6.02. The lowest BCUT2D eigenvalue weighted by Gasteiger charge is -2.11. The third-order valence-electron chi connectivity index (χ3n) is 3.93. The first kappa shape index (κ1) is 20.2. The molecule has 0 aliphatic carbocycles. The van der Waals surface area contributed by atoms with Gasteiger partial charge in [-0.15, -0.1) is 0 Å². The van der Waals surface area contributed by atoms with Crippen molar-refractivity contribution in [2.24, 2.45) is 0 Å². The van der Waals surface area contributed by atoms with Crippen molar-refractivity contribution in [2.75, 3.05) is 10.7 Å². The van der Waals surface area contributed by atoms with Gasteiger partial charge in [-0.25, -0.2) is 14.8 Å². The summed E-state index contributed by atoms with van der Waals surface area (Å²) in [6, 6.07) is 14.6. The van der Waals surface area contributed by atoms with Crippen LogP contribution in [-0.2, 0) is 11.2 Å². The predicted molar refractivity (Wildman–Crippen MR) is 107 cm³/mol. The highest BCUT2D eigenvalue weighted by Crippen LogP contribution is 2.30. The summed E-state index contributed by atoms with van der Waals surface area (Å²) < 4.78 is 0.